The number of ketones is 1. The number of piperazine rings is 1. The number of rotatable bonds is 10. The fourth-order valence-electron chi connectivity index (χ4n) is 3.73. The molecule has 0 aliphatic carbocycles. The quantitative estimate of drug-likeness (QED) is 0.337. The van der Waals surface area contributed by atoms with E-state index in [2.05, 4.69) is 0 Å². The van der Waals surface area contributed by atoms with Gasteiger partial charge in [-0.05, 0) is 5.41 Å². The van der Waals surface area contributed by atoms with Gasteiger partial charge in [-0.2, -0.15) is 0 Å². The number of esters is 1. The van der Waals surface area contributed by atoms with Crippen LogP contribution in [0.4, 0.5) is 0 Å². The lowest BCUT2D eigenvalue weighted by Crippen LogP contribution is -2.58. The highest BCUT2D eigenvalue weighted by molar-refractivity contribution is 6.13. The molecule has 2 rings (SSSR count). The van der Waals surface area contributed by atoms with Crippen LogP contribution in [0.3, 0.4) is 0 Å². The fraction of sp³-hybridized carbons (Fsp3) is 0.682. The van der Waals surface area contributed by atoms with Crippen LogP contribution in [-0.4, -0.2) is 103 Å². The first-order valence-electron chi connectivity index (χ1n) is 10.7. The molecule has 1 saturated heterocycles. The number of hydrogen-bond acceptors (Lipinski definition) is 8. The van der Waals surface area contributed by atoms with E-state index in [0.717, 1.165) is 4.90 Å². The first-order valence-corrected chi connectivity index (χ1v) is 10.7. The van der Waals surface area contributed by atoms with Gasteiger partial charge < -0.3 is 14.4 Å². The Labute approximate surface area is 188 Å². The van der Waals surface area contributed by atoms with Crippen LogP contribution >= 0.6 is 0 Å². The largest absolute Gasteiger partial charge is 0.462 e. The number of Topliss-reactive ketones (excluding diaryl/α,β-unsaturated/α-hetero) is 1. The highest BCUT2D eigenvalue weighted by Crippen LogP contribution is 2.20. The molecule has 3 amide bonds. The smallest absolute Gasteiger partial charge is 0.332 e. The average Bonchev–Trinajstić information content (AvgIpc) is 3.01. The van der Waals surface area contributed by atoms with E-state index in [0.29, 0.717) is 19.5 Å². The van der Waals surface area contributed by atoms with Gasteiger partial charge in [-0.3, -0.25) is 29.0 Å². The molecule has 10 nitrogen and oxygen atoms in total. The Morgan fingerprint density at radius 2 is 1.75 bits per heavy atom. The summed E-state index contributed by atoms with van der Waals surface area (Å²) < 4.78 is 10.0. The molecule has 10 heteroatoms. The number of hydrogen-bond donors (Lipinski definition) is 0. The standard InChI is InChI=1S/C22H33N3O7/c1-22(2,3)11-17(26)13-23-9-10-24(12-16(23)14-32-21(30)15-31-4)18(27)7-8-25-19(28)5-6-20(25)29/h5-6,16H,7-15H2,1-4H3. The van der Waals surface area contributed by atoms with Gasteiger partial charge in [0.2, 0.25) is 5.91 Å². The Morgan fingerprint density at radius 1 is 1.09 bits per heavy atom. The van der Waals surface area contributed by atoms with E-state index in [-0.39, 0.29) is 62.4 Å². The lowest BCUT2D eigenvalue weighted by Gasteiger charge is -2.41. The van der Waals surface area contributed by atoms with E-state index in [1.54, 1.807) is 4.90 Å². The molecule has 0 saturated carbocycles. The number of ether oxygens (including phenoxy) is 2. The molecule has 0 N–H and O–H groups in total. The summed E-state index contributed by atoms with van der Waals surface area (Å²) in [4.78, 5) is 64.9. The fourth-order valence-corrected chi connectivity index (χ4v) is 3.73. The van der Waals surface area contributed by atoms with E-state index < -0.39 is 17.8 Å². The van der Waals surface area contributed by atoms with Crippen molar-refractivity contribution in [3.63, 3.8) is 0 Å². The van der Waals surface area contributed by atoms with Gasteiger partial charge in [0.25, 0.3) is 11.8 Å². The van der Waals surface area contributed by atoms with Crippen LogP contribution in [0, 0.1) is 5.41 Å². The summed E-state index contributed by atoms with van der Waals surface area (Å²) in [6, 6.07) is -0.339. The molecular weight excluding hydrogens is 418 g/mol. The summed E-state index contributed by atoms with van der Waals surface area (Å²) in [5.41, 5.74) is -0.130. The van der Waals surface area contributed by atoms with Gasteiger partial charge in [-0.15, -0.1) is 0 Å². The predicted octanol–water partition coefficient (Wildman–Crippen LogP) is 0.00920. The van der Waals surface area contributed by atoms with Gasteiger partial charge in [0.15, 0.2) is 0 Å². The second kappa shape index (κ2) is 11.3. The molecule has 0 aromatic rings. The number of imide groups is 1. The zero-order valence-corrected chi connectivity index (χ0v) is 19.3. The molecule has 32 heavy (non-hydrogen) atoms. The van der Waals surface area contributed by atoms with Crippen molar-refractivity contribution >= 4 is 29.5 Å². The van der Waals surface area contributed by atoms with Crippen LogP contribution in [0.1, 0.15) is 33.6 Å². The molecular formula is C22H33N3O7. The lowest BCUT2D eigenvalue weighted by atomic mass is 9.89. The normalized spacial score (nSPS) is 19.6. The third-order valence-corrected chi connectivity index (χ3v) is 5.21. The van der Waals surface area contributed by atoms with Gasteiger partial charge in [0, 0.05) is 58.3 Å². The Morgan fingerprint density at radius 3 is 2.34 bits per heavy atom. The molecule has 2 heterocycles. The molecule has 0 radical (unpaired) electrons. The van der Waals surface area contributed by atoms with E-state index in [1.807, 2.05) is 25.7 Å². The molecule has 0 bridgehead atoms. The van der Waals surface area contributed by atoms with E-state index in [4.69, 9.17) is 9.47 Å². The van der Waals surface area contributed by atoms with Gasteiger partial charge in [-0.25, -0.2) is 4.79 Å². The average molecular weight is 452 g/mol. The summed E-state index contributed by atoms with van der Waals surface area (Å²) in [5, 5.41) is 0. The Kier molecular flexibility index (Phi) is 9.09. The number of carbonyl (C=O) groups is 5. The maximum atomic E-state index is 12.7. The predicted molar refractivity (Wildman–Crippen MR) is 114 cm³/mol. The van der Waals surface area contributed by atoms with Crippen molar-refractivity contribution in [1.29, 1.82) is 0 Å². The molecule has 1 unspecified atom stereocenters. The van der Waals surface area contributed by atoms with Crippen molar-refractivity contribution in [3.8, 4) is 0 Å². The van der Waals surface area contributed by atoms with E-state index >= 15 is 0 Å². The van der Waals surface area contributed by atoms with Crippen molar-refractivity contribution in [2.75, 3.05) is 53.0 Å². The van der Waals surface area contributed by atoms with E-state index in [1.165, 1.54) is 19.3 Å². The summed E-state index contributed by atoms with van der Waals surface area (Å²) in [7, 11) is 1.39. The highest BCUT2D eigenvalue weighted by Gasteiger charge is 2.33. The highest BCUT2D eigenvalue weighted by atomic mass is 16.6. The monoisotopic (exact) mass is 451 g/mol. The molecule has 0 aromatic carbocycles. The summed E-state index contributed by atoms with van der Waals surface area (Å²) in [5.74, 6) is -1.48. The maximum Gasteiger partial charge on any atom is 0.332 e. The molecule has 1 fully saturated rings. The third-order valence-electron chi connectivity index (χ3n) is 5.21. The van der Waals surface area contributed by atoms with Crippen LogP contribution in [0.2, 0.25) is 0 Å². The van der Waals surface area contributed by atoms with Crippen molar-refractivity contribution in [2.45, 2.75) is 39.7 Å². The minimum atomic E-state index is -0.518. The number of amides is 3. The zero-order chi connectivity index (χ0) is 23.9. The number of nitrogens with zero attached hydrogens (tertiary/aromatic N) is 3. The van der Waals surface area contributed by atoms with Gasteiger partial charge in [0.1, 0.15) is 19.0 Å². The van der Waals surface area contributed by atoms with Gasteiger partial charge >= 0.3 is 5.97 Å². The number of methoxy groups -OCH3 is 1. The second-order valence-electron chi connectivity index (χ2n) is 9.27. The maximum absolute atomic E-state index is 12.7. The molecule has 2 aliphatic heterocycles. The van der Waals surface area contributed by atoms with Gasteiger partial charge in [0.05, 0.1) is 12.6 Å². The lowest BCUT2D eigenvalue weighted by molar-refractivity contribution is -0.151. The topological polar surface area (TPSA) is 114 Å². The molecule has 0 spiro atoms. The SMILES string of the molecule is COCC(=O)OCC1CN(C(=O)CCN2C(=O)C=CC2=O)CCN1CC(=O)CC(C)(C)C. The zero-order valence-electron chi connectivity index (χ0n) is 19.3. The van der Waals surface area contributed by atoms with E-state index in [9.17, 15) is 24.0 Å². The molecule has 1 atom stereocenters. The first-order chi connectivity index (χ1) is 15.0. The summed E-state index contributed by atoms with van der Waals surface area (Å²) in [6.45, 7) is 7.22. The van der Waals surface area contributed by atoms with Gasteiger partial charge in [-0.1, -0.05) is 20.8 Å². The minimum absolute atomic E-state index is 0.0122. The Balaban J connectivity index is 1.96. The Bertz CT molecular complexity index is 754. The molecule has 0 aromatic heterocycles. The van der Waals surface area contributed by atoms with Crippen LogP contribution in [0.15, 0.2) is 12.2 Å². The Hall–Kier alpha value is -2.59. The van der Waals surface area contributed by atoms with Crippen molar-refractivity contribution < 1.29 is 33.4 Å². The summed E-state index contributed by atoms with van der Waals surface area (Å²) in [6.07, 6.45) is 2.81. The first kappa shape index (κ1) is 25.7. The van der Waals surface area contributed by atoms with Crippen molar-refractivity contribution in [3.05, 3.63) is 12.2 Å². The third kappa shape index (κ3) is 7.83. The van der Waals surface area contributed by atoms with Crippen LogP contribution in [-0.2, 0) is 33.4 Å². The summed E-state index contributed by atoms with van der Waals surface area (Å²) >= 11 is 0. The van der Waals surface area contributed by atoms with Crippen molar-refractivity contribution in [1.82, 2.24) is 14.7 Å². The van der Waals surface area contributed by atoms with Crippen LogP contribution in [0.25, 0.3) is 0 Å². The minimum Gasteiger partial charge on any atom is -0.462 e. The second-order valence-corrected chi connectivity index (χ2v) is 9.27. The van der Waals surface area contributed by atoms with Crippen LogP contribution in [0.5, 0.6) is 0 Å². The van der Waals surface area contributed by atoms with Crippen molar-refractivity contribution in [2.24, 2.45) is 5.41 Å². The van der Waals surface area contributed by atoms with Crippen LogP contribution < -0.4 is 0 Å². The molecule has 178 valence electrons. The number of carbonyl (C=O) groups excluding carboxylic acids is 5. The molecule has 2 aliphatic rings.